The van der Waals surface area contributed by atoms with Crippen LogP contribution in [0, 0.1) is 10.8 Å². The Labute approximate surface area is 108 Å². The van der Waals surface area contributed by atoms with Crippen molar-refractivity contribution in [2.75, 3.05) is 5.75 Å². The van der Waals surface area contributed by atoms with E-state index in [4.69, 9.17) is 0 Å². The SMILES string of the molecule is CC(=O)NC(CS)C(=O)NC1C(C)(C)C1(C)C. The Bertz CT molecular complexity index is 325. The van der Waals surface area contributed by atoms with Crippen LogP contribution in [0.25, 0.3) is 0 Å². The van der Waals surface area contributed by atoms with Crippen molar-refractivity contribution in [3.63, 3.8) is 0 Å². The molecule has 0 saturated heterocycles. The van der Waals surface area contributed by atoms with Gasteiger partial charge in [0, 0.05) is 18.7 Å². The maximum atomic E-state index is 12.0. The van der Waals surface area contributed by atoms with Gasteiger partial charge in [-0.15, -0.1) is 0 Å². The van der Waals surface area contributed by atoms with Gasteiger partial charge in [0.25, 0.3) is 0 Å². The van der Waals surface area contributed by atoms with Crippen molar-refractivity contribution in [1.82, 2.24) is 10.6 Å². The van der Waals surface area contributed by atoms with Crippen molar-refractivity contribution in [3.05, 3.63) is 0 Å². The van der Waals surface area contributed by atoms with Crippen molar-refractivity contribution in [2.45, 2.75) is 46.7 Å². The summed E-state index contributed by atoms with van der Waals surface area (Å²) in [4.78, 5) is 22.9. The summed E-state index contributed by atoms with van der Waals surface area (Å²) in [5, 5.41) is 5.58. The minimum Gasteiger partial charge on any atom is -0.350 e. The first-order chi connectivity index (χ1) is 7.64. The van der Waals surface area contributed by atoms with Crippen LogP contribution in [0.2, 0.25) is 0 Å². The largest absolute Gasteiger partial charge is 0.350 e. The zero-order valence-electron chi connectivity index (χ0n) is 11.1. The van der Waals surface area contributed by atoms with Gasteiger partial charge >= 0.3 is 0 Å². The number of thiol groups is 1. The number of carbonyl (C=O) groups excluding carboxylic acids is 2. The minimum absolute atomic E-state index is 0.0973. The Kier molecular flexibility index (Phi) is 3.81. The number of nitrogens with one attached hydrogen (secondary N) is 2. The molecule has 1 aliphatic rings. The highest BCUT2D eigenvalue weighted by Gasteiger charge is 2.65. The van der Waals surface area contributed by atoms with Crippen LogP contribution in [0.1, 0.15) is 34.6 Å². The van der Waals surface area contributed by atoms with Crippen LogP contribution < -0.4 is 10.6 Å². The van der Waals surface area contributed by atoms with Gasteiger partial charge in [-0.2, -0.15) is 12.6 Å². The molecule has 1 saturated carbocycles. The summed E-state index contributed by atoms with van der Waals surface area (Å²) in [5.74, 6) is -0.0636. The lowest BCUT2D eigenvalue weighted by Crippen LogP contribution is -2.48. The number of hydrogen-bond acceptors (Lipinski definition) is 3. The first kappa shape index (κ1) is 14.4. The summed E-state index contributed by atoms with van der Waals surface area (Å²) in [6, 6.07) is -0.401. The maximum Gasteiger partial charge on any atom is 0.243 e. The third-order valence-electron chi connectivity index (χ3n) is 4.18. The molecule has 1 atom stereocenters. The molecule has 1 fully saturated rings. The average molecular weight is 258 g/mol. The van der Waals surface area contributed by atoms with E-state index in [1.165, 1.54) is 6.92 Å². The van der Waals surface area contributed by atoms with Crippen LogP contribution in [0.3, 0.4) is 0 Å². The molecule has 0 heterocycles. The number of hydrogen-bond donors (Lipinski definition) is 3. The average Bonchev–Trinajstić information content (AvgIpc) is 2.56. The lowest BCUT2D eigenvalue weighted by Gasteiger charge is -2.16. The van der Waals surface area contributed by atoms with Crippen molar-refractivity contribution in [1.29, 1.82) is 0 Å². The molecule has 0 aromatic heterocycles. The molecule has 0 radical (unpaired) electrons. The molecule has 0 aliphatic heterocycles. The monoisotopic (exact) mass is 258 g/mol. The Morgan fingerprint density at radius 2 is 1.71 bits per heavy atom. The Balaban J connectivity index is 2.58. The van der Waals surface area contributed by atoms with Gasteiger partial charge in [0.15, 0.2) is 0 Å². The number of rotatable bonds is 4. The van der Waals surface area contributed by atoms with Crippen molar-refractivity contribution >= 4 is 24.4 Å². The van der Waals surface area contributed by atoms with E-state index in [-0.39, 0.29) is 28.7 Å². The van der Waals surface area contributed by atoms with Crippen LogP contribution in [0.5, 0.6) is 0 Å². The summed E-state index contributed by atoms with van der Waals surface area (Å²) in [6.07, 6.45) is 0. The molecular weight excluding hydrogens is 236 g/mol. The normalized spacial score (nSPS) is 22.7. The van der Waals surface area contributed by atoms with E-state index in [0.717, 1.165) is 0 Å². The van der Waals surface area contributed by atoms with E-state index in [1.54, 1.807) is 0 Å². The molecule has 2 amide bonds. The Morgan fingerprint density at radius 3 is 2.00 bits per heavy atom. The molecule has 98 valence electrons. The fourth-order valence-electron chi connectivity index (χ4n) is 2.24. The van der Waals surface area contributed by atoms with Gasteiger partial charge in [-0.05, 0) is 10.8 Å². The van der Waals surface area contributed by atoms with E-state index in [2.05, 4.69) is 51.0 Å². The molecule has 0 spiro atoms. The van der Waals surface area contributed by atoms with Crippen LogP contribution in [-0.2, 0) is 9.59 Å². The van der Waals surface area contributed by atoms with Crippen LogP contribution in [0.4, 0.5) is 0 Å². The van der Waals surface area contributed by atoms with Gasteiger partial charge in [-0.25, -0.2) is 0 Å². The van der Waals surface area contributed by atoms with E-state index in [1.807, 2.05) is 0 Å². The lowest BCUT2D eigenvalue weighted by atomic mass is 10.0. The topological polar surface area (TPSA) is 58.2 Å². The van der Waals surface area contributed by atoms with Gasteiger partial charge in [-0.1, -0.05) is 27.7 Å². The fourth-order valence-corrected chi connectivity index (χ4v) is 2.50. The maximum absolute atomic E-state index is 12.0. The van der Waals surface area contributed by atoms with Gasteiger partial charge in [0.2, 0.25) is 11.8 Å². The third kappa shape index (κ3) is 2.59. The lowest BCUT2D eigenvalue weighted by molar-refractivity contribution is -0.127. The molecule has 1 unspecified atom stereocenters. The highest BCUT2D eigenvalue weighted by atomic mass is 32.1. The standard InChI is InChI=1S/C12H22N2O2S/c1-7(15)13-8(6-17)9(16)14-10-11(2,3)12(10,4)5/h8,10,17H,6H2,1-5H3,(H,13,15)(H,14,16). The zero-order chi connectivity index (χ0) is 13.4. The third-order valence-corrected chi connectivity index (χ3v) is 4.55. The number of amides is 2. The summed E-state index contributed by atoms with van der Waals surface area (Å²) in [7, 11) is 0. The molecule has 1 rings (SSSR count). The first-order valence-electron chi connectivity index (χ1n) is 5.83. The highest BCUT2D eigenvalue weighted by molar-refractivity contribution is 7.80. The second-order valence-corrected chi connectivity index (χ2v) is 6.19. The molecule has 0 bridgehead atoms. The van der Waals surface area contributed by atoms with Crippen molar-refractivity contribution in [3.8, 4) is 0 Å². The van der Waals surface area contributed by atoms with Crippen LogP contribution in [-0.4, -0.2) is 29.7 Å². The molecule has 1 aliphatic carbocycles. The van der Waals surface area contributed by atoms with E-state index < -0.39 is 6.04 Å². The molecular formula is C12H22N2O2S. The zero-order valence-corrected chi connectivity index (χ0v) is 12.0. The second-order valence-electron chi connectivity index (χ2n) is 5.82. The fraction of sp³-hybridized carbons (Fsp3) is 0.833. The molecule has 17 heavy (non-hydrogen) atoms. The van der Waals surface area contributed by atoms with E-state index >= 15 is 0 Å². The summed E-state index contributed by atoms with van der Waals surface area (Å²) >= 11 is 4.08. The van der Waals surface area contributed by atoms with Crippen molar-refractivity contribution in [2.24, 2.45) is 10.8 Å². The number of carbonyl (C=O) groups is 2. The van der Waals surface area contributed by atoms with E-state index in [9.17, 15) is 9.59 Å². The van der Waals surface area contributed by atoms with Gasteiger partial charge in [-0.3, -0.25) is 9.59 Å². The second kappa shape index (κ2) is 4.52. The highest BCUT2D eigenvalue weighted by Crippen LogP contribution is 2.62. The predicted molar refractivity (Wildman–Crippen MR) is 71.0 cm³/mol. The van der Waals surface area contributed by atoms with Gasteiger partial charge < -0.3 is 10.6 Å². The minimum atomic E-state index is -0.553. The Morgan fingerprint density at radius 1 is 1.24 bits per heavy atom. The van der Waals surface area contributed by atoms with Gasteiger partial charge in [0.05, 0.1) is 0 Å². The quantitative estimate of drug-likeness (QED) is 0.658. The van der Waals surface area contributed by atoms with Crippen LogP contribution >= 0.6 is 12.6 Å². The molecule has 2 N–H and O–H groups in total. The van der Waals surface area contributed by atoms with Crippen LogP contribution in [0.15, 0.2) is 0 Å². The van der Waals surface area contributed by atoms with Gasteiger partial charge in [0.1, 0.15) is 6.04 Å². The summed E-state index contributed by atoms with van der Waals surface area (Å²) in [5.41, 5.74) is 0.195. The Hall–Kier alpha value is -0.710. The first-order valence-corrected chi connectivity index (χ1v) is 6.46. The summed E-state index contributed by atoms with van der Waals surface area (Å²) in [6.45, 7) is 9.92. The van der Waals surface area contributed by atoms with E-state index in [0.29, 0.717) is 5.75 Å². The van der Waals surface area contributed by atoms with Crippen molar-refractivity contribution < 1.29 is 9.59 Å². The molecule has 0 aromatic rings. The smallest absolute Gasteiger partial charge is 0.243 e. The molecule has 5 heteroatoms. The molecule has 0 aromatic carbocycles. The molecule has 4 nitrogen and oxygen atoms in total. The summed E-state index contributed by atoms with van der Waals surface area (Å²) < 4.78 is 0. The predicted octanol–water partition coefficient (Wildman–Crippen LogP) is 0.972.